The summed E-state index contributed by atoms with van der Waals surface area (Å²) in [6, 6.07) is 15.4. The third-order valence-corrected chi connectivity index (χ3v) is 3.37. The van der Waals surface area contributed by atoms with Crippen molar-refractivity contribution in [2.75, 3.05) is 0 Å². The quantitative estimate of drug-likeness (QED) is 0.770. The summed E-state index contributed by atoms with van der Waals surface area (Å²) in [5.41, 5.74) is 3.19. The van der Waals surface area contributed by atoms with Crippen molar-refractivity contribution in [3.8, 4) is 6.07 Å². The van der Waals surface area contributed by atoms with Gasteiger partial charge in [0.1, 0.15) is 17.4 Å². The lowest BCUT2D eigenvalue weighted by Crippen LogP contribution is -1.91. The van der Waals surface area contributed by atoms with Gasteiger partial charge in [-0.25, -0.2) is 4.98 Å². The molecule has 0 aliphatic carbocycles. The Balaban J connectivity index is 2.03. The standard InChI is InChI=1S/C15H10ClN3/c16-12-6-2-1-4-10(12)8-14-18-13-7-3-5-11(9-17)15(13)19-14/h1-7H,8H2,(H,18,19). The molecule has 1 heterocycles. The van der Waals surface area contributed by atoms with E-state index in [1.807, 2.05) is 36.4 Å². The van der Waals surface area contributed by atoms with Crippen molar-refractivity contribution in [3.05, 3.63) is 64.4 Å². The van der Waals surface area contributed by atoms with Gasteiger partial charge in [0.2, 0.25) is 0 Å². The molecule has 3 aromatic rings. The van der Waals surface area contributed by atoms with Gasteiger partial charge in [-0.1, -0.05) is 35.9 Å². The number of benzene rings is 2. The summed E-state index contributed by atoms with van der Waals surface area (Å²) in [7, 11) is 0. The number of H-pyrrole nitrogens is 1. The Morgan fingerprint density at radius 1 is 1.16 bits per heavy atom. The molecule has 3 rings (SSSR count). The fourth-order valence-corrected chi connectivity index (χ4v) is 2.28. The monoisotopic (exact) mass is 267 g/mol. The first-order valence-corrected chi connectivity index (χ1v) is 6.27. The summed E-state index contributed by atoms with van der Waals surface area (Å²) >= 11 is 6.14. The normalized spacial score (nSPS) is 10.5. The van der Waals surface area contributed by atoms with Crippen molar-refractivity contribution < 1.29 is 0 Å². The highest BCUT2D eigenvalue weighted by Gasteiger charge is 2.08. The number of aromatic nitrogens is 2. The molecule has 0 saturated heterocycles. The van der Waals surface area contributed by atoms with Crippen LogP contribution in [-0.2, 0) is 6.42 Å². The van der Waals surface area contributed by atoms with Crippen molar-refractivity contribution in [3.63, 3.8) is 0 Å². The summed E-state index contributed by atoms with van der Waals surface area (Å²) in [4.78, 5) is 7.71. The second kappa shape index (κ2) is 4.75. The summed E-state index contributed by atoms with van der Waals surface area (Å²) in [5, 5.41) is 9.78. The van der Waals surface area contributed by atoms with E-state index in [9.17, 15) is 0 Å². The number of para-hydroxylation sites is 1. The summed E-state index contributed by atoms with van der Waals surface area (Å²) in [6.45, 7) is 0. The van der Waals surface area contributed by atoms with Gasteiger partial charge in [-0.05, 0) is 23.8 Å². The summed E-state index contributed by atoms with van der Waals surface area (Å²) in [5.74, 6) is 0.811. The number of halogens is 1. The van der Waals surface area contributed by atoms with Gasteiger partial charge in [-0.3, -0.25) is 0 Å². The van der Waals surface area contributed by atoms with Gasteiger partial charge >= 0.3 is 0 Å². The molecule has 0 spiro atoms. The van der Waals surface area contributed by atoms with E-state index in [2.05, 4.69) is 16.0 Å². The van der Waals surface area contributed by atoms with E-state index in [0.29, 0.717) is 17.5 Å². The van der Waals surface area contributed by atoms with E-state index in [-0.39, 0.29) is 0 Å². The van der Waals surface area contributed by atoms with E-state index in [1.54, 1.807) is 6.07 Å². The van der Waals surface area contributed by atoms with Crippen LogP contribution < -0.4 is 0 Å². The second-order valence-electron chi connectivity index (χ2n) is 4.27. The molecule has 4 heteroatoms. The van der Waals surface area contributed by atoms with Crippen LogP contribution in [0.3, 0.4) is 0 Å². The zero-order valence-corrected chi connectivity index (χ0v) is 10.8. The van der Waals surface area contributed by atoms with Crippen LogP contribution in [0.4, 0.5) is 0 Å². The minimum absolute atomic E-state index is 0.583. The zero-order chi connectivity index (χ0) is 13.2. The van der Waals surface area contributed by atoms with Crippen molar-refractivity contribution >= 4 is 22.6 Å². The molecule has 0 fully saturated rings. The Hall–Kier alpha value is -2.31. The molecule has 0 aliphatic heterocycles. The number of aromatic amines is 1. The number of hydrogen-bond acceptors (Lipinski definition) is 2. The van der Waals surface area contributed by atoms with Gasteiger partial charge in [0.05, 0.1) is 11.1 Å². The molecule has 92 valence electrons. The number of nitrogens with zero attached hydrogens (tertiary/aromatic N) is 2. The molecule has 0 radical (unpaired) electrons. The molecular formula is C15H10ClN3. The van der Waals surface area contributed by atoms with Crippen LogP contribution >= 0.6 is 11.6 Å². The van der Waals surface area contributed by atoms with Gasteiger partial charge in [-0.15, -0.1) is 0 Å². The average molecular weight is 268 g/mol. The molecule has 0 bridgehead atoms. The lowest BCUT2D eigenvalue weighted by atomic mass is 10.1. The Kier molecular flexibility index (Phi) is 2.94. The first kappa shape index (κ1) is 11.8. The molecule has 1 aromatic heterocycles. The van der Waals surface area contributed by atoms with Crippen LogP contribution in [0.1, 0.15) is 17.0 Å². The maximum Gasteiger partial charge on any atom is 0.111 e. The maximum absolute atomic E-state index is 9.05. The van der Waals surface area contributed by atoms with Crippen LogP contribution in [-0.4, -0.2) is 9.97 Å². The van der Waals surface area contributed by atoms with Gasteiger partial charge < -0.3 is 4.98 Å². The molecular weight excluding hydrogens is 258 g/mol. The van der Waals surface area contributed by atoms with Crippen LogP contribution in [0, 0.1) is 11.3 Å². The Labute approximate surface area is 115 Å². The van der Waals surface area contributed by atoms with E-state index in [4.69, 9.17) is 16.9 Å². The number of imidazole rings is 1. The topological polar surface area (TPSA) is 52.5 Å². The molecule has 0 saturated carbocycles. The number of nitrogens with one attached hydrogen (secondary N) is 1. The van der Waals surface area contributed by atoms with Gasteiger partial charge in [0.15, 0.2) is 0 Å². The number of hydrogen-bond donors (Lipinski definition) is 1. The van der Waals surface area contributed by atoms with Crippen LogP contribution in [0.25, 0.3) is 11.0 Å². The highest BCUT2D eigenvalue weighted by molar-refractivity contribution is 6.31. The van der Waals surface area contributed by atoms with Crippen LogP contribution in [0.5, 0.6) is 0 Å². The SMILES string of the molecule is N#Cc1cccc2[nH]c(Cc3ccccc3Cl)nc12. The van der Waals surface area contributed by atoms with Crippen LogP contribution in [0.15, 0.2) is 42.5 Å². The number of fused-ring (bicyclic) bond motifs is 1. The fourth-order valence-electron chi connectivity index (χ4n) is 2.08. The predicted octanol–water partition coefficient (Wildman–Crippen LogP) is 3.68. The Morgan fingerprint density at radius 3 is 2.79 bits per heavy atom. The van der Waals surface area contributed by atoms with Gasteiger partial charge in [0.25, 0.3) is 0 Å². The molecule has 0 atom stereocenters. The molecule has 0 aliphatic rings. The van der Waals surface area contributed by atoms with Crippen LogP contribution in [0.2, 0.25) is 5.02 Å². The number of rotatable bonds is 2. The molecule has 19 heavy (non-hydrogen) atoms. The summed E-state index contributed by atoms with van der Waals surface area (Å²) < 4.78 is 0. The highest BCUT2D eigenvalue weighted by atomic mass is 35.5. The van der Waals surface area contributed by atoms with Crippen molar-refractivity contribution in [1.82, 2.24) is 9.97 Å². The fraction of sp³-hybridized carbons (Fsp3) is 0.0667. The first-order chi connectivity index (χ1) is 9.28. The first-order valence-electron chi connectivity index (χ1n) is 5.89. The molecule has 2 aromatic carbocycles. The second-order valence-corrected chi connectivity index (χ2v) is 4.67. The smallest absolute Gasteiger partial charge is 0.111 e. The van der Waals surface area contributed by atoms with Crippen molar-refractivity contribution in [2.45, 2.75) is 6.42 Å². The molecule has 0 unspecified atom stereocenters. The summed E-state index contributed by atoms with van der Waals surface area (Å²) in [6.07, 6.45) is 0.624. The van der Waals surface area contributed by atoms with Gasteiger partial charge in [0, 0.05) is 11.4 Å². The van der Waals surface area contributed by atoms with Crippen molar-refractivity contribution in [1.29, 1.82) is 5.26 Å². The van der Waals surface area contributed by atoms with E-state index >= 15 is 0 Å². The van der Waals surface area contributed by atoms with E-state index < -0.39 is 0 Å². The lowest BCUT2D eigenvalue weighted by Gasteiger charge is -2.00. The molecule has 3 nitrogen and oxygen atoms in total. The molecule has 1 N–H and O–H groups in total. The van der Waals surface area contributed by atoms with Gasteiger partial charge in [-0.2, -0.15) is 5.26 Å². The largest absolute Gasteiger partial charge is 0.342 e. The van der Waals surface area contributed by atoms with E-state index in [1.165, 1.54) is 0 Å². The van der Waals surface area contributed by atoms with E-state index in [0.717, 1.165) is 21.9 Å². The third-order valence-electron chi connectivity index (χ3n) is 3.00. The Morgan fingerprint density at radius 2 is 2.00 bits per heavy atom. The Bertz CT molecular complexity index is 783. The lowest BCUT2D eigenvalue weighted by molar-refractivity contribution is 1.04. The number of nitriles is 1. The third kappa shape index (κ3) is 2.18. The predicted molar refractivity (Wildman–Crippen MR) is 75.1 cm³/mol. The minimum atomic E-state index is 0.583. The van der Waals surface area contributed by atoms with Crippen molar-refractivity contribution in [2.24, 2.45) is 0 Å². The molecule has 0 amide bonds. The average Bonchev–Trinajstić information content (AvgIpc) is 2.83. The maximum atomic E-state index is 9.05. The zero-order valence-electron chi connectivity index (χ0n) is 10.0. The minimum Gasteiger partial charge on any atom is -0.342 e. The highest BCUT2D eigenvalue weighted by Crippen LogP contribution is 2.21.